The quantitative estimate of drug-likeness (QED) is 0.369. The van der Waals surface area contributed by atoms with Crippen LogP contribution in [0.2, 0.25) is 0 Å². The Morgan fingerprint density at radius 2 is 1.97 bits per heavy atom. The van der Waals surface area contributed by atoms with Crippen molar-refractivity contribution in [3.63, 3.8) is 0 Å². The van der Waals surface area contributed by atoms with Crippen LogP contribution in [0, 0.1) is 0 Å². The van der Waals surface area contributed by atoms with Crippen LogP contribution in [0.5, 0.6) is 11.5 Å². The fraction of sp³-hybridized carbons (Fsp3) is 0.379. The van der Waals surface area contributed by atoms with E-state index in [0.29, 0.717) is 35.8 Å². The predicted molar refractivity (Wildman–Crippen MR) is 146 cm³/mol. The largest absolute Gasteiger partial charge is 0.493 e. The number of aldehydes is 1. The third-order valence-electron chi connectivity index (χ3n) is 6.98. The van der Waals surface area contributed by atoms with Gasteiger partial charge in [0.25, 0.3) is 5.91 Å². The monoisotopic (exact) mass is 531 g/mol. The molecule has 1 aromatic heterocycles. The standard InChI is InChI=1S/C29H33N5O5/c1-3-24-28(20-10-13-25(37-2)26(14-20)38-22-6-4-5-7-22)33-34(27(17-35)39-24)16-19-8-11-21(12-9-19)32-29(36)23-15-30-18-31-23/h8-15,17-18,22,24,27H,3-7,16H2,1-2H3,(H,30,31)(H,32,36). The first-order chi connectivity index (χ1) is 19.1. The SMILES string of the molecule is CCC1OC(C=O)N(Cc2ccc(NC(=O)c3cnc[nH]3)cc2)N=C1c1ccc(OC)c(OC2CCCC2)c1. The Morgan fingerprint density at radius 1 is 1.18 bits per heavy atom. The number of methoxy groups -OCH3 is 1. The highest BCUT2D eigenvalue weighted by atomic mass is 16.5. The number of hydrogen-bond acceptors (Lipinski definition) is 8. The summed E-state index contributed by atoms with van der Waals surface area (Å²) < 4.78 is 18.0. The number of hydrogen-bond donors (Lipinski definition) is 2. The Bertz CT molecular complexity index is 1300. The van der Waals surface area contributed by atoms with Crippen molar-refractivity contribution < 1.29 is 23.8 Å². The van der Waals surface area contributed by atoms with E-state index in [-0.39, 0.29) is 18.1 Å². The molecule has 2 aromatic carbocycles. The number of nitrogens with zero attached hydrogens (tertiary/aromatic N) is 3. The lowest BCUT2D eigenvalue weighted by molar-refractivity contribution is -0.139. The fourth-order valence-corrected chi connectivity index (χ4v) is 4.90. The number of benzene rings is 2. The van der Waals surface area contributed by atoms with Crippen LogP contribution in [-0.4, -0.2) is 58.4 Å². The predicted octanol–water partition coefficient (Wildman–Crippen LogP) is 4.53. The van der Waals surface area contributed by atoms with Crippen LogP contribution in [0.3, 0.4) is 0 Å². The average Bonchev–Trinajstić information content (AvgIpc) is 3.69. The van der Waals surface area contributed by atoms with Crippen LogP contribution in [0.4, 0.5) is 5.69 Å². The van der Waals surface area contributed by atoms with Gasteiger partial charge in [0.2, 0.25) is 6.23 Å². The molecular weight excluding hydrogens is 498 g/mol. The first kappa shape index (κ1) is 26.4. The van der Waals surface area contributed by atoms with Gasteiger partial charge in [-0.15, -0.1) is 0 Å². The van der Waals surface area contributed by atoms with E-state index in [0.717, 1.165) is 36.0 Å². The summed E-state index contributed by atoms with van der Waals surface area (Å²) in [6.45, 7) is 2.35. The smallest absolute Gasteiger partial charge is 0.273 e. The van der Waals surface area contributed by atoms with Gasteiger partial charge in [0, 0.05) is 11.3 Å². The molecule has 1 saturated carbocycles. The zero-order chi connectivity index (χ0) is 27.2. The molecule has 10 nitrogen and oxygen atoms in total. The number of nitrogens with one attached hydrogen (secondary N) is 2. The van der Waals surface area contributed by atoms with Crippen LogP contribution >= 0.6 is 0 Å². The Morgan fingerprint density at radius 3 is 2.64 bits per heavy atom. The summed E-state index contributed by atoms with van der Waals surface area (Å²) in [7, 11) is 1.64. The molecule has 0 saturated heterocycles. The summed E-state index contributed by atoms with van der Waals surface area (Å²) >= 11 is 0. The number of H-pyrrole nitrogens is 1. The van der Waals surface area contributed by atoms with Crippen LogP contribution in [0.1, 0.15) is 60.6 Å². The number of hydrazone groups is 1. The minimum Gasteiger partial charge on any atom is -0.493 e. The fourth-order valence-electron chi connectivity index (χ4n) is 4.90. The Balaban J connectivity index is 1.36. The number of imidazole rings is 1. The molecule has 2 N–H and O–H groups in total. The maximum atomic E-state index is 12.3. The number of carbonyl (C=O) groups excluding carboxylic acids is 2. The summed E-state index contributed by atoms with van der Waals surface area (Å²) in [5.74, 6) is 1.09. The highest BCUT2D eigenvalue weighted by Crippen LogP contribution is 2.34. The minimum absolute atomic E-state index is 0.184. The number of carbonyl (C=O) groups is 2. The van der Waals surface area contributed by atoms with E-state index in [1.54, 1.807) is 24.3 Å². The van der Waals surface area contributed by atoms with Gasteiger partial charge in [-0.2, -0.15) is 5.10 Å². The molecule has 0 radical (unpaired) electrons. The molecule has 0 spiro atoms. The van der Waals surface area contributed by atoms with E-state index in [9.17, 15) is 9.59 Å². The van der Waals surface area contributed by atoms with Crippen molar-refractivity contribution in [3.8, 4) is 11.5 Å². The van der Waals surface area contributed by atoms with Crippen LogP contribution in [0.25, 0.3) is 0 Å². The van der Waals surface area contributed by atoms with Crippen molar-refractivity contribution in [2.75, 3.05) is 12.4 Å². The molecule has 10 heteroatoms. The third kappa shape index (κ3) is 6.12. The van der Waals surface area contributed by atoms with Crippen molar-refractivity contribution in [2.45, 2.75) is 64.0 Å². The molecule has 2 atom stereocenters. The van der Waals surface area contributed by atoms with Crippen LogP contribution in [-0.2, 0) is 16.1 Å². The second kappa shape index (κ2) is 12.1. The second-order valence-corrected chi connectivity index (χ2v) is 9.65. The number of rotatable bonds is 10. The van der Waals surface area contributed by atoms with E-state index in [4.69, 9.17) is 19.3 Å². The molecule has 2 unspecified atom stereocenters. The minimum atomic E-state index is -0.814. The lowest BCUT2D eigenvalue weighted by Gasteiger charge is -2.35. The Hall–Kier alpha value is -4.18. The Labute approximate surface area is 227 Å². The molecule has 1 amide bonds. The summed E-state index contributed by atoms with van der Waals surface area (Å²) in [6, 6.07) is 13.2. The van der Waals surface area contributed by atoms with Crippen molar-refractivity contribution in [3.05, 3.63) is 71.8 Å². The van der Waals surface area contributed by atoms with Gasteiger partial charge in [-0.05, 0) is 68.0 Å². The molecule has 1 fully saturated rings. The molecule has 2 heterocycles. The van der Waals surface area contributed by atoms with E-state index in [1.165, 1.54) is 25.4 Å². The van der Waals surface area contributed by atoms with Crippen molar-refractivity contribution in [1.29, 1.82) is 0 Å². The van der Waals surface area contributed by atoms with Gasteiger partial charge in [0.15, 0.2) is 17.8 Å². The van der Waals surface area contributed by atoms with Crippen molar-refractivity contribution in [1.82, 2.24) is 15.0 Å². The first-order valence-corrected chi connectivity index (χ1v) is 13.3. The van der Waals surface area contributed by atoms with Gasteiger partial charge in [-0.25, -0.2) is 4.98 Å². The second-order valence-electron chi connectivity index (χ2n) is 9.65. The summed E-state index contributed by atoms with van der Waals surface area (Å²) in [5.41, 5.74) is 3.52. The maximum Gasteiger partial charge on any atom is 0.273 e. The molecule has 3 aromatic rings. The van der Waals surface area contributed by atoms with Crippen molar-refractivity contribution >= 4 is 23.6 Å². The van der Waals surface area contributed by atoms with E-state index in [2.05, 4.69) is 15.3 Å². The molecule has 1 aliphatic carbocycles. The number of aromatic nitrogens is 2. The van der Waals surface area contributed by atoms with Gasteiger partial charge < -0.3 is 24.5 Å². The van der Waals surface area contributed by atoms with Gasteiger partial charge in [0.05, 0.1) is 38.0 Å². The lowest BCUT2D eigenvalue weighted by atomic mass is 10.0. The number of aromatic amines is 1. The van der Waals surface area contributed by atoms with Crippen LogP contribution < -0.4 is 14.8 Å². The molecule has 204 valence electrons. The topological polar surface area (TPSA) is 118 Å². The van der Waals surface area contributed by atoms with E-state index < -0.39 is 6.23 Å². The normalized spacial score (nSPS) is 19.4. The van der Waals surface area contributed by atoms with Crippen LogP contribution in [0.15, 0.2) is 60.1 Å². The number of ether oxygens (including phenoxy) is 3. The van der Waals surface area contributed by atoms with Gasteiger partial charge in [-0.1, -0.05) is 19.1 Å². The summed E-state index contributed by atoms with van der Waals surface area (Å²) in [5, 5.41) is 9.37. The molecule has 2 aliphatic rings. The molecule has 5 rings (SSSR count). The third-order valence-corrected chi connectivity index (χ3v) is 6.98. The molecule has 39 heavy (non-hydrogen) atoms. The highest BCUT2D eigenvalue weighted by Gasteiger charge is 2.32. The zero-order valence-electron chi connectivity index (χ0n) is 22.1. The summed E-state index contributed by atoms with van der Waals surface area (Å²) in [4.78, 5) is 30.9. The number of amides is 1. The summed E-state index contributed by atoms with van der Waals surface area (Å²) in [6.07, 6.45) is 7.79. The average molecular weight is 532 g/mol. The van der Waals surface area contributed by atoms with Gasteiger partial charge in [-0.3, -0.25) is 14.6 Å². The maximum absolute atomic E-state index is 12.3. The molecule has 1 aliphatic heterocycles. The van der Waals surface area contributed by atoms with E-state index in [1.807, 2.05) is 37.3 Å². The number of anilines is 1. The molecular formula is C29H33N5O5. The zero-order valence-corrected chi connectivity index (χ0v) is 22.1. The molecule has 0 bridgehead atoms. The lowest BCUT2D eigenvalue weighted by Crippen LogP contribution is -2.45. The highest BCUT2D eigenvalue weighted by molar-refractivity contribution is 6.04. The van der Waals surface area contributed by atoms with Gasteiger partial charge in [0.1, 0.15) is 11.8 Å². The van der Waals surface area contributed by atoms with E-state index >= 15 is 0 Å². The van der Waals surface area contributed by atoms with Crippen molar-refractivity contribution in [2.24, 2.45) is 5.10 Å². The van der Waals surface area contributed by atoms with Gasteiger partial charge >= 0.3 is 0 Å². The Kier molecular flexibility index (Phi) is 8.21. The first-order valence-electron chi connectivity index (χ1n) is 13.3.